The quantitative estimate of drug-likeness (QED) is 0.170. The molecule has 0 aliphatic heterocycles. The van der Waals surface area contributed by atoms with Crippen LogP contribution in [0.15, 0.2) is 60.6 Å². The molecule has 0 amide bonds. The van der Waals surface area contributed by atoms with Gasteiger partial charge in [0.1, 0.15) is 23.2 Å². The molecule has 1 aliphatic rings. The molecule has 0 aromatic heterocycles. The first-order chi connectivity index (χ1) is 19.9. The van der Waals surface area contributed by atoms with Crippen molar-refractivity contribution in [1.29, 1.82) is 0 Å². The maximum absolute atomic E-state index is 14.9. The molecule has 1 fully saturated rings. The van der Waals surface area contributed by atoms with Gasteiger partial charge in [-0.15, -0.1) is 0 Å². The van der Waals surface area contributed by atoms with Crippen LogP contribution in [0.5, 0.6) is 11.5 Å². The predicted octanol–water partition coefficient (Wildman–Crippen LogP) is 10.9. The third-order valence-electron chi connectivity index (χ3n) is 7.42. The Balaban J connectivity index is 1.49. The van der Waals surface area contributed by atoms with Crippen molar-refractivity contribution in [3.8, 4) is 22.6 Å². The van der Waals surface area contributed by atoms with Crippen LogP contribution in [0, 0.1) is 29.2 Å². The second kappa shape index (κ2) is 13.1. The molecule has 0 heterocycles. The number of halogens is 9. The summed E-state index contributed by atoms with van der Waals surface area (Å²) in [6.07, 6.45) is -0.108. The van der Waals surface area contributed by atoms with Gasteiger partial charge < -0.3 is 9.47 Å². The van der Waals surface area contributed by atoms with Gasteiger partial charge in [0.05, 0.1) is 11.1 Å². The molecular weight excluding hydrogens is 575 g/mol. The first-order valence-electron chi connectivity index (χ1n) is 13.4. The van der Waals surface area contributed by atoms with Crippen molar-refractivity contribution in [2.45, 2.75) is 63.9 Å². The van der Waals surface area contributed by atoms with E-state index in [1.54, 1.807) is 0 Å². The average Bonchev–Trinajstić information content (AvgIpc) is 2.92. The summed E-state index contributed by atoms with van der Waals surface area (Å²) in [7, 11) is 0. The molecule has 42 heavy (non-hydrogen) atoms. The monoisotopic (exact) mass is 602 g/mol. The Morgan fingerprint density at radius 3 is 2.05 bits per heavy atom. The summed E-state index contributed by atoms with van der Waals surface area (Å²) < 4.78 is 134. The third kappa shape index (κ3) is 7.22. The van der Waals surface area contributed by atoms with Gasteiger partial charge >= 0.3 is 18.2 Å². The van der Waals surface area contributed by atoms with Crippen LogP contribution in [0.2, 0.25) is 0 Å². The molecule has 3 aromatic rings. The zero-order chi connectivity index (χ0) is 30.6. The molecule has 226 valence electrons. The Morgan fingerprint density at radius 2 is 1.48 bits per heavy atom. The molecule has 1 aliphatic carbocycles. The number of alkyl halides is 2. The van der Waals surface area contributed by atoms with E-state index in [0.717, 1.165) is 63.1 Å². The van der Waals surface area contributed by atoms with E-state index in [9.17, 15) is 39.5 Å². The minimum atomic E-state index is -4.30. The fourth-order valence-electron chi connectivity index (χ4n) is 5.26. The predicted molar refractivity (Wildman–Crippen MR) is 138 cm³/mol. The summed E-state index contributed by atoms with van der Waals surface area (Å²) in [5, 5.41) is 0. The largest absolute Gasteiger partial charge is 0.429 e. The van der Waals surface area contributed by atoms with E-state index in [0.29, 0.717) is 35.7 Å². The van der Waals surface area contributed by atoms with Gasteiger partial charge in [0.15, 0.2) is 11.6 Å². The van der Waals surface area contributed by atoms with Crippen LogP contribution in [0.25, 0.3) is 11.1 Å². The number of hydrogen-bond acceptors (Lipinski definition) is 2. The van der Waals surface area contributed by atoms with E-state index in [1.165, 1.54) is 6.07 Å². The standard InChI is InChI=1S/C31H27F9O2/c1-2-3-4-17-5-7-18(8-6-17)19-9-11-22(23(32)13-19)31(39,40)42-21-15-25(34)28(26(35)16-21)20-10-12-27(24(33)14-20)41-30(38)29(36)37/h9-18H,2-8H2,1H3. The number of hydrogen-bond donors (Lipinski definition) is 0. The lowest BCUT2D eigenvalue weighted by Gasteiger charge is -2.29. The minimum Gasteiger partial charge on any atom is -0.429 e. The van der Waals surface area contributed by atoms with Gasteiger partial charge in [-0.1, -0.05) is 38.3 Å². The van der Waals surface area contributed by atoms with Crippen LogP contribution in [0.3, 0.4) is 0 Å². The number of benzene rings is 3. The molecule has 0 bridgehead atoms. The van der Waals surface area contributed by atoms with E-state index >= 15 is 0 Å². The molecule has 0 saturated heterocycles. The Hall–Kier alpha value is -3.63. The van der Waals surface area contributed by atoms with Crippen LogP contribution in [0.1, 0.15) is 68.9 Å². The molecule has 11 heteroatoms. The van der Waals surface area contributed by atoms with Gasteiger partial charge in [-0.3, -0.25) is 0 Å². The van der Waals surface area contributed by atoms with Gasteiger partial charge in [0, 0.05) is 12.1 Å². The Morgan fingerprint density at radius 1 is 0.810 bits per heavy atom. The molecule has 0 spiro atoms. The topological polar surface area (TPSA) is 18.5 Å². The normalized spacial score (nSPS) is 17.2. The highest BCUT2D eigenvalue weighted by molar-refractivity contribution is 5.67. The van der Waals surface area contributed by atoms with Crippen molar-refractivity contribution in [1.82, 2.24) is 0 Å². The zero-order valence-electron chi connectivity index (χ0n) is 22.4. The van der Waals surface area contributed by atoms with Crippen molar-refractivity contribution in [3.63, 3.8) is 0 Å². The smallest absolute Gasteiger partial charge is 0.429 e. The highest BCUT2D eigenvalue weighted by Gasteiger charge is 2.38. The van der Waals surface area contributed by atoms with Gasteiger partial charge in [-0.25, -0.2) is 17.6 Å². The lowest BCUT2D eigenvalue weighted by atomic mass is 9.77. The summed E-state index contributed by atoms with van der Waals surface area (Å²) in [5.74, 6) is -6.85. The lowest BCUT2D eigenvalue weighted by molar-refractivity contribution is -0.187. The first kappa shape index (κ1) is 31.3. The minimum absolute atomic E-state index is 0.0440. The average molecular weight is 603 g/mol. The molecule has 1 saturated carbocycles. The fourth-order valence-corrected chi connectivity index (χ4v) is 5.26. The fraction of sp³-hybridized carbons (Fsp3) is 0.355. The van der Waals surface area contributed by atoms with E-state index in [1.807, 2.05) is 0 Å². The van der Waals surface area contributed by atoms with E-state index in [4.69, 9.17) is 0 Å². The number of ether oxygens (including phenoxy) is 2. The second-order valence-electron chi connectivity index (χ2n) is 10.3. The molecule has 0 unspecified atom stereocenters. The number of unbranched alkanes of at least 4 members (excludes halogenated alkanes) is 1. The van der Waals surface area contributed by atoms with Gasteiger partial charge in [0.2, 0.25) is 0 Å². The molecular formula is C31H27F9O2. The van der Waals surface area contributed by atoms with Gasteiger partial charge in [-0.2, -0.15) is 22.0 Å². The highest BCUT2D eigenvalue weighted by Crippen LogP contribution is 2.41. The van der Waals surface area contributed by atoms with Crippen LogP contribution >= 0.6 is 0 Å². The summed E-state index contributed by atoms with van der Waals surface area (Å²) in [6.45, 7) is 2.13. The van der Waals surface area contributed by atoms with Crippen molar-refractivity contribution >= 4 is 0 Å². The SMILES string of the molecule is CCCCC1CCC(c2ccc(C(F)(F)Oc3cc(F)c(-c4ccc(OC(F)=C(F)F)c(F)c4)c(F)c3)c(F)c2)CC1. The van der Waals surface area contributed by atoms with Crippen molar-refractivity contribution in [2.75, 3.05) is 0 Å². The maximum atomic E-state index is 14.9. The van der Waals surface area contributed by atoms with E-state index in [2.05, 4.69) is 16.4 Å². The molecule has 0 atom stereocenters. The van der Waals surface area contributed by atoms with Crippen LogP contribution < -0.4 is 9.47 Å². The Labute approximate surface area is 236 Å². The molecule has 0 radical (unpaired) electrons. The van der Waals surface area contributed by atoms with Crippen LogP contribution in [-0.4, -0.2) is 0 Å². The molecule has 0 N–H and O–H groups in total. The third-order valence-corrected chi connectivity index (χ3v) is 7.42. The van der Waals surface area contributed by atoms with Crippen LogP contribution in [-0.2, 0) is 6.11 Å². The maximum Gasteiger partial charge on any atom is 0.429 e. The van der Waals surface area contributed by atoms with E-state index in [-0.39, 0.29) is 5.92 Å². The highest BCUT2D eigenvalue weighted by atomic mass is 19.3. The zero-order valence-corrected chi connectivity index (χ0v) is 22.4. The molecule has 3 aromatic carbocycles. The summed E-state index contributed by atoms with van der Waals surface area (Å²) in [5.41, 5.74) is -1.86. The summed E-state index contributed by atoms with van der Waals surface area (Å²) >= 11 is 0. The van der Waals surface area contributed by atoms with Crippen molar-refractivity contribution in [3.05, 3.63) is 95.0 Å². The molecule has 4 rings (SSSR count). The molecule has 2 nitrogen and oxygen atoms in total. The summed E-state index contributed by atoms with van der Waals surface area (Å²) in [6, 6.07) is 3.75. The van der Waals surface area contributed by atoms with E-state index < -0.39 is 69.7 Å². The van der Waals surface area contributed by atoms with Crippen molar-refractivity contribution < 1.29 is 49.0 Å². The van der Waals surface area contributed by atoms with Gasteiger partial charge in [0.25, 0.3) is 0 Å². The van der Waals surface area contributed by atoms with Crippen molar-refractivity contribution in [2.24, 2.45) is 5.92 Å². The second-order valence-corrected chi connectivity index (χ2v) is 10.3. The number of rotatable bonds is 10. The van der Waals surface area contributed by atoms with Crippen LogP contribution in [0.4, 0.5) is 39.5 Å². The Kier molecular flexibility index (Phi) is 9.78. The van der Waals surface area contributed by atoms with Gasteiger partial charge in [-0.05, 0) is 72.9 Å². The first-order valence-corrected chi connectivity index (χ1v) is 13.4. The summed E-state index contributed by atoms with van der Waals surface area (Å²) in [4.78, 5) is 0. The lowest BCUT2D eigenvalue weighted by Crippen LogP contribution is -2.24. The Bertz CT molecular complexity index is 1420.